The largest absolute Gasteiger partial charge is 0.494 e. The molecule has 0 aliphatic rings. The number of unbranched alkanes of at least 4 members (excludes halogenated alkanes) is 2. The van der Waals surface area contributed by atoms with Crippen LogP contribution in [-0.4, -0.2) is 12.6 Å². The Hall–Kier alpha value is -3.07. The minimum atomic E-state index is -0.246. The van der Waals surface area contributed by atoms with E-state index in [9.17, 15) is 4.79 Å². The predicted octanol–water partition coefficient (Wildman–Crippen LogP) is 7.99. The van der Waals surface area contributed by atoms with E-state index in [0.29, 0.717) is 6.42 Å². The highest BCUT2D eigenvalue weighted by Gasteiger charge is 2.13. The molecule has 0 aliphatic heterocycles. The lowest BCUT2D eigenvalue weighted by Gasteiger charge is -2.15. The van der Waals surface area contributed by atoms with E-state index in [-0.39, 0.29) is 12.1 Å². The van der Waals surface area contributed by atoms with Gasteiger partial charge in [0.05, 0.1) is 6.61 Å². The first-order valence-electron chi connectivity index (χ1n) is 11.7. The highest BCUT2D eigenvalue weighted by molar-refractivity contribution is 5.83. The van der Waals surface area contributed by atoms with Crippen molar-refractivity contribution in [2.45, 2.75) is 59.0 Å². The number of benzene rings is 3. The summed E-state index contributed by atoms with van der Waals surface area (Å²) < 4.78 is 11.3. The maximum Gasteiger partial charge on any atom is 0.306 e. The Balaban J connectivity index is 1.73. The van der Waals surface area contributed by atoms with Gasteiger partial charge in [0.25, 0.3) is 0 Å². The van der Waals surface area contributed by atoms with Gasteiger partial charge in [0.15, 0.2) is 0 Å². The zero-order valence-corrected chi connectivity index (χ0v) is 19.5. The van der Waals surface area contributed by atoms with E-state index >= 15 is 0 Å². The van der Waals surface area contributed by atoms with Crippen LogP contribution in [0.15, 0.2) is 72.8 Å². The molecule has 1 unspecified atom stereocenters. The Kier molecular flexibility index (Phi) is 8.91. The summed E-state index contributed by atoms with van der Waals surface area (Å²) in [5.41, 5.74) is 5.65. The van der Waals surface area contributed by atoms with Crippen LogP contribution >= 0.6 is 0 Å². The molecule has 0 fully saturated rings. The number of rotatable bonds is 11. The summed E-state index contributed by atoms with van der Waals surface area (Å²) in [6.45, 7) is 6.90. The van der Waals surface area contributed by atoms with E-state index < -0.39 is 0 Å². The zero-order chi connectivity index (χ0) is 22.8. The van der Waals surface area contributed by atoms with E-state index in [0.717, 1.165) is 54.7 Å². The molecular weight excluding hydrogens is 396 g/mol. The molecule has 0 bridgehead atoms. The highest BCUT2D eigenvalue weighted by Crippen LogP contribution is 2.33. The van der Waals surface area contributed by atoms with Crippen molar-refractivity contribution >= 4 is 5.97 Å². The lowest BCUT2D eigenvalue weighted by atomic mass is 9.94. The third-order valence-corrected chi connectivity index (χ3v) is 5.55. The minimum Gasteiger partial charge on any atom is -0.494 e. The second-order valence-electron chi connectivity index (χ2n) is 8.13. The molecule has 0 saturated carbocycles. The second kappa shape index (κ2) is 12.1. The van der Waals surface area contributed by atoms with E-state index in [2.05, 4.69) is 74.5 Å². The van der Waals surface area contributed by atoms with Gasteiger partial charge >= 0.3 is 5.97 Å². The van der Waals surface area contributed by atoms with Crippen LogP contribution in [0.4, 0.5) is 0 Å². The zero-order valence-electron chi connectivity index (χ0n) is 19.5. The fraction of sp³-hybridized carbons (Fsp3) is 0.345. The van der Waals surface area contributed by atoms with Crippen molar-refractivity contribution in [3.05, 3.63) is 78.4 Å². The molecule has 3 rings (SSSR count). The van der Waals surface area contributed by atoms with Crippen LogP contribution in [0.1, 0.15) is 64.5 Å². The second-order valence-corrected chi connectivity index (χ2v) is 8.13. The Morgan fingerprint density at radius 2 is 1.38 bits per heavy atom. The van der Waals surface area contributed by atoms with E-state index in [1.165, 1.54) is 11.1 Å². The molecule has 168 valence electrons. The van der Waals surface area contributed by atoms with Crippen LogP contribution in [0.2, 0.25) is 0 Å². The van der Waals surface area contributed by atoms with E-state index in [1.807, 2.05) is 19.1 Å². The first-order valence-corrected chi connectivity index (χ1v) is 11.7. The summed E-state index contributed by atoms with van der Waals surface area (Å²) in [5, 5.41) is 0. The van der Waals surface area contributed by atoms with Crippen LogP contribution in [0.25, 0.3) is 22.3 Å². The van der Waals surface area contributed by atoms with Crippen LogP contribution in [0.5, 0.6) is 5.75 Å². The van der Waals surface area contributed by atoms with Crippen LogP contribution in [0, 0.1) is 0 Å². The number of hydrogen-bond acceptors (Lipinski definition) is 3. The predicted molar refractivity (Wildman–Crippen MR) is 132 cm³/mol. The van der Waals surface area contributed by atoms with Crippen molar-refractivity contribution in [2.75, 3.05) is 6.61 Å². The number of hydrogen-bond donors (Lipinski definition) is 0. The van der Waals surface area contributed by atoms with Gasteiger partial charge in [-0.2, -0.15) is 0 Å². The molecule has 3 aromatic rings. The first-order chi connectivity index (χ1) is 15.6. The standard InChI is InChI=1S/C29H34O3/c1-4-6-7-12-29(30)32-22(3)23-13-15-24(16-14-23)27-10-8-9-11-28(27)25-17-19-26(20-18-25)31-21-5-2/h8-11,13-20,22H,4-7,12,21H2,1-3H3. The summed E-state index contributed by atoms with van der Waals surface area (Å²) in [6.07, 6.45) is 4.30. The van der Waals surface area contributed by atoms with E-state index in [4.69, 9.17) is 9.47 Å². The minimum absolute atomic E-state index is 0.119. The molecule has 0 amide bonds. The smallest absolute Gasteiger partial charge is 0.306 e. The van der Waals surface area contributed by atoms with Gasteiger partial charge in [0.2, 0.25) is 0 Å². The van der Waals surface area contributed by atoms with Gasteiger partial charge in [-0.05, 0) is 59.7 Å². The van der Waals surface area contributed by atoms with Crippen molar-refractivity contribution in [3.63, 3.8) is 0 Å². The van der Waals surface area contributed by atoms with Crippen molar-refractivity contribution < 1.29 is 14.3 Å². The van der Waals surface area contributed by atoms with Gasteiger partial charge in [-0.1, -0.05) is 87.4 Å². The first kappa shape index (κ1) is 23.6. The van der Waals surface area contributed by atoms with Crippen molar-refractivity contribution in [3.8, 4) is 28.0 Å². The van der Waals surface area contributed by atoms with E-state index in [1.54, 1.807) is 0 Å². The SMILES string of the molecule is CCCCCC(=O)OC(C)c1ccc(-c2ccccc2-c2ccc(OCCC)cc2)cc1. The average Bonchev–Trinajstić information content (AvgIpc) is 2.83. The monoisotopic (exact) mass is 430 g/mol. The summed E-state index contributed by atoms with van der Waals surface area (Å²) >= 11 is 0. The molecule has 0 heterocycles. The lowest BCUT2D eigenvalue weighted by molar-refractivity contribution is -0.148. The third-order valence-electron chi connectivity index (χ3n) is 5.55. The topological polar surface area (TPSA) is 35.5 Å². The van der Waals surface area contributed by atoms with Crippen LogP contribution in [0.3, 0.4) is 0 Å². The third kappa shape index (κ3) is 6.46. The molecule has 0 saturated heterocycles. The van der Waals surface area contributed by atoms with Crippen LogP contribution < -0.4 is 4.74 Å². The van der Waals surface area contributed by atoms with Crippen molar-refractivity contribution in [1.29, 1.82) is 0 Å². The number of carbonyl (C=O) groups is 1. The maximum atomic E-state index is 12.0. The summed E-state index contributed by atoms with van der Waals surface area (Å²) in [5.74, 6) is 0.780. The molecule has 3 aromatic carbocycles. The summed E-state index contributed by atoms with van der Waals surface area (Å²) in [7, 11) is 0. The molecule has 0 N–H and O–H groups in total. The van der Waals surface area contributed by atoms with Gasteiger partial charge in [0.1, 0.15) is 11.9 Å². The molecular formula is C29H34O3. The molecule has 0 radical (unpaired) electrons. The molecule has 3 nitrogen and oxygen atoms in total. The molecule has 3 heteroatoms. The van der Waals surface area contributed by atoms with Crippen molar-refractivity contribution in [1.82, 2.24) is 0 Å². The quantitative estimate of drug-likeness (QED) is 0.228. The lowest BCUT2D eigenvalue weighted by Crippen LogP contribution is -2.08. The maximum absolute atomic E-state index is 12.0. The molecule has 32 heavy (non-hydrogen) atoms. The Morgan fingerprint density at radius 1 is 0.781 bits per heavy atom. The number of ether oxygens (including phenoxy) is 2. The normalized spacial score (nSPS) is 11.7. The molecule has 1 atom stereocenters. The Labute approximate surface area is 192 Å². The number of esters is 1. The molecule has 0 aliphatic carbocycles. The van der Waals surface area contributed by atoms with Gasteiger partial charge in [-0.3, -0.25) is 4.79 Å². The highest BCUT2D eigenvalue weighted by atomic mass is 16.5. The van der Waals surface area contributed by atoms with Crippen molar-refractivity contribution in [2.24, 2.45) is 0 Å². The fourth-order valence-corrected chi connectivity index (χ4v) is 3.71. The Bertz CT molecular complexity index is 974. The van der Waals surface area contributed by atoms with Gasteiger partial charge in [-0.25, -0.2) is 0 Å². The summed E-state index contributed by atoms with van der Waals surface area (Å²) in [6, 6.07) is 25.0. The Morgan fingerprint density at radius 3 is 1.94 bits per heavy atom. The fourth-order valence-electron chi connectivity index (χ4n) is 3.71. The summed E-state index contributed by atoms with van der Waals surface area (Å²) in [4.78, 5) is 12.0. The van der Waals surface area contributed by atoms with Crippen LogP contribution in [-0.2, 0) is 9.53 Å². The molecule has 0 aromatic heterocycles. The average molecular weight is 431 g/mol. The molecule has 0 spiro atoms. The van der Waals surface area contributed by atoms with Gasteiger partial charge in [-0.15, -0.1) is 0 Å². The number of carbonyl (C=O) groups excluding carboxylic acids is 1. The van der Waals surface area contributed by atoms with Gasteiger partial charge in [0, 0.05) is 6.42 Å². The van der Waals surface area contributed by atoms with Gasteiger partial charge < -0.3 is 9.47 Å².